The van der Waals surface area contributed by atoms with E-state index in [2.05, 4.69) is 15.8 Å². The second-order valence-electron chi connectivity index (χ2n) is 4.93. The van der Waals surface area contributed by atoms with Crippen LogP contribution in [0.3, 0.4) is 0 Å². The fraction of sp³-hybridized carbons (Fsp3) is 0.167. The van der Waals surface area contributed by atoms with Crippen molar-refractivity contribution in [2.45, 2.75) is 13.8 Å². The number of hydrazone groups is 1. The molecule has 0 saturated heterocycles. The van der Waals surface area contributed by atoms with Crippen molar-refractivity contribution in [1.82, 2.24) is 5.43 Å². The van der Waals surface area contributed by atoms with Crippen molar-refractivity contribution < 1.29 is 14.3 Å². The van der Waals surface area contributed by atoms with Crippen LogP contribution in [0.5, 0.6) is 5.75 Å². The second-order valence-corrected chi connectivity index (χ2v) is 4.93. The lowest BCUT2D eigenvalue weighted by atomic mass is 10.1. The first kappa shape index (κ1) is 17.2. The molecule has 124 valence electrons. The number of ether oxygens (including phenoxy) is 1. The molecular weight excluding hydrogens is 306 g/mol. The Morgan fingerprint density at radius 1 is 1.17 bits per heavy atom. The summed E-state index contributed by atoms with van der Waals surface area (Å²) in [5, 5.41) is 6.59. The molecule has 2 N–H and O–H groups in total. The van der Waals surface area contributed by atoms with Crippen molar-refractivity contribution >= 4 is 23.7 Å². The van der Waals surface area contributed by atoms with Gasteiger partial charge in [0.25, 0.3) is 5.91 Å². The fourth-order valence-corrected chi connectivity index (χ4v) is 2.03. The average Bonchev–Trinajstić information content (AvgIpc) is 2.56. The fourth-order valence-electron chi connectivity index (χ4n) is 2.03. The highest BCUT2D eigenvalue weighted by atomic mass is 16.5. The lowest BCUT2D eigenvalue weighted by molar-refractivity contribution is -0.114. The molecule has 2 rings (SSSR count). The van der Waals surface area contributed by atoms with E-state index in [9.17, 15) is 9.59 Å². The number of benzene rings is 2. The van der Waals surface area contributed by atoms with Crippen LogP contribution >= 0.6 is 0 Å². The molecule has 0 aliphatic rings. The molecule has 6 nitrogen and oxygen atoms in total. The molecule has 0 aliphatic heterocycles. The van der Waals surface area contributed by atoms with Crippen LogP contribution in [0.4, 0.5) is 5.69 Å². The molecule has 0 aromatic heterocycles. The summed E-state index contributed by atoms with van der Waals surface area (Å²) in [4.78, 5) is 23.4. The SMILES string of the molecule is CCOc1cc(NC(C)=O)ccc1C(=O)N/N=C/c1ccccc1. The molecule has 2 amide bonds. The van der Waals surface area contributed by atoms with Gasteiger partial charge in [0.15, 0.2) is 0 Å². The van der Waals surface area contributed by atoms with E-state index in [4.69, 9.17) is 4.74 Å². The van der Waals surface area contributed by atoms with E-state index in [-0.39, 0.29) is 11.8 Å². The van der Waals surface area contributed by atoms with E-state index >= 15 is 0 Å². The highest BCUT2D eigenvalue weighted by Gasteiger charge is 2.13. The van der Waals surface area contributed by atoms with Crippen molar-refractivity contribution in [1.29, 1.82) is 0 Å². The average molecular weight is 325 g/mol. The Balaban J connectivity index is 2.12. The smallest absolute Gasteiger partial charge is 0.275 e. The van der Waals surface area contributed by atoms with Gasteiger partial charge < -0.3 is 10.1 Å². The molecule has 0 saturated carbocycles. The van der Waals surface area contributed by atoms with Crippen molar-refractivity contribution in [3.05, 3.63) is 59.7 Å². The van der Waals surface area contributed by atoms with Crippen molar-refractivity contribution in [2.75, 3.05) is 11.9 Å². The zero-order chi connectivity index (χ0) is 17.4. The Morgan fingerprint density at radius 2 is 1.92 bits per heavy atom. The molecule has 6 heteroatoms. The molecule has 0 heterocycles. The zero-order valence-corrected chi connectivity index (χ0v) is 13.6. The Bertz CT molecular complexity index is 742. The van der Waals surface area contributed by atoms with E-state index in [1.54, 1.807) is 24.4 Å². The Kier molecular flexibility index (Phi) is 6.08. The first-order valence-corrected chi connectivity index (χ1v) is 7.53. The standard InChI is InChI=1S/C18H19N3O3/c1-3-24-17-11-15(20-13(2)22)9-10-16(17)18(23)21-19-12-14-7-5-4-6-8-14/h4-12H,3H2,1-2H3,(H,20,22)(H,21,23)/b19-12+. The quantitative estimate of drug-likeness (QED) is 0.633. The van der Waals surface area contributed by atoms with Crippen LogP contribution in [0.25, 0.3) is 0 Å². The van der Waals surface area contributed by atoms with Gasteiger partial charge in [0.1, 0.15) is 5.75 Å². The van der Waals surface area contributed by atoms with Gasteiger partial charge in [0, 0.05) is 18.7 Å². The van der Waals surface area contributed by atoms with Gasteiger partial charge in [-0.15, -0.1) is 0 Å². The molecule has 2 aromatic carbocycles. The van der Waals surface area contributed by atoms with Gasteiger partial charge in [-0.05, 0) is 24.6 Å². The number of nitrogens with zero attached hydrogens (tertiary/aromatic N) is 1. The van der Waals surface area contributed by atoms with Gasteiger partial charge in [0.05, 0.1) is 18.4 Å². The number of carbonyl (C=O) groups excluding carboxylic acids is 2. The number of hydrogen-bond acceptors (Lipinski definition) is 4. The zero-order valence-electron chi connectivity index (χ0n) is 13.6. The minimum Gasteiger partial charge on any atom is -0.493 e. The van der Waals surface area contributed by atoms with Crippen LogP contribution in [0.1, 0.15) is 29.8 Å². The second kappa shape index (κ2) is 8.47. The maximum Gasteiger partial charge on any atom is 0.275 e. The van der Waals surface area contributed by atoms with Crippen LogP contribution in [0.2, 0.25) is 0 Å². The number of amides is 2. The summed E-state index contributed by atoms with van der Waals surface area (Å²) in [6.07, 6.45) is 1.56. The largest absolute Gasteiger partial charge is 0.493 e. The third-order valence-electron chi connectivity index (χ3n) is 3.03. The predicted molar refractivity (Wildman–Crippen MR) is 93.4 cm³/mol. The monoisotopic (exact) mass is 325 g/mol. The summed E-state index contributed by atoms with van der Waals surface area (Å²) in [5.41, 5.74) is 4.26. The predicted octanol–water partition coefficient (Wildman–Crippen LogP) is 2.81. The molecule has 0 unspecified atom stereocenters. The van der Waals surface area contributed by atoms with Crippen LogP contribution in [0, 0.1) is 0 Å². The van der Waals surface area contributed by atoms with E-state index in [1.807, 2.05) is 37.3 Å². The first-order valence-electron chi connectivity index (χ1n) is 7.53. The Labute approximate surface area is 140 Å². The van der Waals surface area contributed by atoms with Crippen molar-refractivity contribution in [3.63, 3.8) is 0 Å². The van der Waals surface area contributed by atoms with Crippen LogP contribution in [0.15, 0.2) is 53.6 Å². The summed E-state index contributed by atoms with van der Waals surface area (Å²) < 4.78 is 5.48. The van der Waals surface area contributed by atoms with Crippen LogP contribution < -0.4 is 15.5 Å². The van der Waals surface area contributed by atoms with Gasteiger partial charge in [-0.3, -0.25) is 9.59 Å². The molecular formula is C18H19N3O3. The highest BCUT2D eigenvalue weighted by Crippen LogP contribution is 2.23. The minimum atomic E-state index is -0.389. The molecule has 0 spiro atoms. The minimum absolute atomic E-state index is 0.192. The molecule has 0 fully saturated rings. The number of anilines is 1. The van der Waals surface area contributed by atoms with Crippen LogP contribution in [-0.2, 0) is 4.79 Å². The van der Waals surface area contributed by atoms with Crippen LogP contribution in [-0.4, -0.2) is 24.6 Å². The highest BCUT2D eigenvalue weighted by molar-refractivity contribution is 5.98. The Morgan fingerprint density at radius 3 is 2.58 bits per heavy atom. The topological polar surface area (TPSA) is 79.8 Å². The van der Waals surface area contributed by atoms with Gasteiger partial charge in [0.2, 0.25) is 5.91 Å². The maximum atomic E-state index is 12.3. The van der Waals surface area contributed by atoms with Crippen molar-refractivity contribution in [3.8, 4) is 5.75 Å². The molecule has 2 aromatic rings. The lowest BCUT2D eigenvalue weighted by Gasteiger charge is -2.11. The Hall–Kier alpha value is -3.15. The number of hydrogen-bond donors (Lipinski definition) is 2. The number of nitrogens with one attached hydrogen (secondary N) is 2. The van der Waals surface area contributed by atoms with E-state index in [0.717, 1.165) is 5.56 Å². The van der Waals surface area contributed by atoms with Gasteiger partial charge in [-0.25, -0.2) is 5.43 Å². The number of rotatable bonds is 6. The third-order valence-corrected chi connectivity index (χ3v) is 3.03. The van der Waals surface area contributed by atoms with Gasteiger partial charge in [-0.1, -0.05) is 30.3 Å². The summed E-state index contributed by atoms with van der Waals surface area (Å²) in [6, 6.07) is 14.3. The molecule has 0 atom stereocenters. The van der Waals surface area contributed by atoms with Gasteiger partial charge >= 0.3 is 0 Å². The summed E-state index contributed by atoms with van der Waals surface area (Å²) in [7, 11) is 0. The van der Waals surface area contributed by atoms with Gasteiger partial charge in [-0.2, -0.15) is 5.10 Å². The molecule has 0 aliphatic carbocycles. The maximum absolute atomic E-state index is 12.3. The lowest BCUT2D eigenvalue weighted by Crippen LogP contribution is -2.19. The van der Waals surface area contributed by atoms with E-state index < -0.39 is 0 Å². The van der Waals surface area contributed by atoms with E-state index in [0.29, 0.717) is 23.6 Å². The molecule has 0 radical (unpaired) electrons. The normalized spacial score (nSPS) is 10.4. The number of carbonyl (C=O) groups is 2. The van der Waals surface area contributed by atoms with E-state index in [1.165, 1.54) is 6.92 Å². The first-order chi connectivity index (χ1) is 11.6. The summed E-state index contributed by atoms with van der Waals surface area (Å²) in [5.74, 6) is -0.196. The molecule has 24 heavy (non-hydrogen) atoms. The third kappa shape index (κ3) is 4.95. The van der Waals surface area contributed by atoms with Crippen molar-refractivity contribution in [2.24, 2.45) is 5.10 Å². The molecule has 0 bridgehead atoms. The summed E-state index contributed by atoms with van der Waals surface area (Å²) >= 11 is 0. The summed E-state index contributed by atoms with van der Waals surface area (Å²) in [6.45, 7) is 3.64.